The number of carbonyl (C=O) groups excluding carboxylic acids is 3. The molecule has 0 spiro atoms. The van der Waals surface area contributed by atoms with Crippen molar-refractivity contribution in [3.63, 3.8) is 0 Å². The van der Waals surface area contributed by atoms with Crippen molar-refractivity contribution < 1.29 is 33.4 Å². The van der Waals surface area contributed by atoms with Gasteiger partial charge in [-0.25, -0.2) is 14.5 Å². The van der Waals surface area contributed by atoms with Crippen molar-refractivity contribution in [1.29, 1.82) is 0 Å². The summed E-state index contributed by atoms with van der Waals surface area (Å²) in [6.07, 6.45) is 1.35. The van der Waals surface area contributed by atoms with Gasteiger partial charge in [-0.05, 0) is 36.8 Å². The van der Waals surface area contributed by atoms with E-state index >= 15 is 0 Å². The smallest absolute Gasteiger partial charge is 0.335 e. The van der Waals surface area contributed by atoms with E-state index in [0.29, 0.717) is 22.6 Å². The van der Waals surface area contributed by atoms with Crippen LogP contribution in [0.3, 0.4) is 0 Å². The van der Waals surface area contributed by atoms with Crippen molar-refractivity contribution >= 4 is 30.0 Å². The van der Waals surface area contributed by atoms with Crippen molar-refractivity contribution in [3.05, 3.63) is 52.9 Å². The van der Waals surface area contributed by atoms with Gasteiger partial charge in [0.25, 0.3) is 5.91 Å². The van der Waals surface area contributed by atoms with Crippen molar-refractivity contribution in [2.45, 2.75) is 6.92 Å². The number of carboxylic acid groups (broad SMARTS) is 1. The number of carbonyl (C=O) groups is 4. The number of aromatic carboxylic acids is 1. The number of hydrogen-bond acceptors (Lipinski definition) is 6. The molecule has 1 aromatic carbocycles. The Labute approximate surface area is 159 Å². The van der Waals surface area contributed by atoms with Crippen molar-refractivity contribution in [2.24, 2.45) is 0 Å². The third-order valence-electron chi connectivity index (χ3n) is 4.13. The number of ether oxygens (including phenoxy) is 1. The van der Waals surface area contributed by atoms with E-state index in [2.05, 4.69) is 10.1 Å². The van der Waals surface area contributed by atoms with Gasteiger partial charge in [-0.15, -0.1) is 0 Å². The van der Waals surface area contributed by atoms with Crippen LogP contribution in [0.4, 0.5) is 4.79 Å². The fourth-order valence-corrected chi connectivity index (χ4v) is 2.70. The van der Waals surface area contributed by atoms with E-state index < -0.39 is 30.4 Å². The molecule has 144 valence electrons. The Morgan fingerprint density at radius 3 is 2.64 bits per heavy atom. The van der Waals surface area contributed by atoms with E-state index in [9.17, 15) is 19.2 Å². The highest BCUT2D eigenvalue weighted by Gasteiger charge is 2.35. The zero-order valence-electron chi connectivity index (χ0n) is 15.0. The van der Waals surface area contributed by atoms with Gasteiger partial charge in [0.1, 0.15) is 23.8 Å². The summed E-state index contributed by atoms with van der Waals surface area (Å²) in [5, 5.41) is 11.4. The van der Waals surface area contributed by atoms with Gasteiger partial charge in [0.15, 0.2) is 0 Å². The quantitative estimate of drug-likeness (QED) is 0.459. The number of rotatable bonds is 5. The van der Waals surface area contributed by atoms with Gasteiger partial charge in [0.2, 0.25) is 0 Å². The SMILES string of the molecule is COC(=O)CN1C(=O)NC(=Cc2ccc(-c3ccc(C(=O)O)cc3C)o2)C1=O. The number of carboxylic acids is 1. The summed E-state index contributed by atoms with van der Waals surface area (Å²) >= 11 is 0. The van der Waals surface area contributed by atoms with Crippen molar-refractivity contribution in [3.8, 4) is 11.3 Å². The molecule has 9 heteroatoms. The van der Waals surface area contributed by atoms with E-state index in [1.54, 1.807) is 25.1 Å². The lowest BCUT2D eigenvalue weighted by Crippen LogP contribution is -2.36. The first-order valence-corrected chi connectivity index (χ1v) is 8.15. The van der Waals surface area contributed by atoms with Crippen LogP contribution < -0.4 is 5.32 Å². The Morgan fingerprint density at radius 1 is 1.25 bits per heavy atom. The minimum Gasteiger partial charge on any atom is -0.478 e. The maximum Gasteiger partial charge on any atom is 0.335 e. The highest BCUT2D eigenvalue weighted by Crippen LogP contribution is 2.27. The molecular formula is C19H16N2O7. The lowest BCUT2D eigenvalue weighted by molar-refractivity contribution is -0.143. The highest BCUT2D eigenvalue weighted by molar-refractivity contribution is 6.15. The first kappa shape index (κ1) is 18.9. The Kier molecular flexibility index (Phi) is 4.99. The Hall–Kier alpha value is -3.88. The number of imide groups is 1. The molecule has 0 bridgehead atoms. The maximum atomic E-state index is 12.3. The highest BCUT2D eigenvalue weighted by atomic mass is 16.5. The number of nitrogens with zero attached hydrogens (tertiary/aromatic N) is 1. The lowest BCUT2D eigenvalue weighted by atomic mass is 10.0. The summed E-state index contributed by atoms with van der Waals surface area (Å²) in [7, 11) is 1.16. The molecule has 2 aromatic rings. The second kappa shape index (κ2) is 7.39. The lowest BCUT2D eigenvalue weighted by Gasteiger charge is -2.08. The van der Waals surface area contributed by atoms with Crippen LogP contribution in [-0.2, 0) is 14.3 Å². The number of urea groups is 1. The molecule has 1 aromatic heterocycles. The summed E-state index contributed by atoms with van der Waals surface area (Å²) in [5.74, 6) is -1.63. The van der Waals surface area contributed by atoms with E-state index in [1.165, 1.54) is 18.2 Å². The minimum absolute atomic E-state index is 0.0345. The predicted octanol–water partition coefficient (Wildman–Crippen LogP) is 2.02. The Morgan fingerprint density at radius 2 is 2.00 bits per heavy atom. The van der Waals surface area contributed by atoms with Gasteiger partial charge in [0.05, 0.1) is 12.7 Å². The molecule has 3 amide bonds. The molecule has 1 saturated heterocycles. The number of benzene rings is 1. The van der Waals surface area contributed by atoms with Gasteiger partial charge in [0, 0.05) is 11.6 Å². The van der Waals surface area contributed by atoms with Gasteiger partial charge >= 0.3 is 18.0 Å². The Bertz CT molecular complexity index is 1020. The minimum atomic E-state index is -1.02. The van der Waals surface area contributed by atoms with Crippen molar-refractivity contribution in [1.82, 2.24) is 10.2 Å². The summed E-state index contributed by atoms with van der Waals surface area (Å²) in [6, 6.07) is 7.18. The van der Waals surface area contributed by atoms with E-state index in [-0.39, 0.29) is 11.3 Å². The van der Waals surface area contributed by atoms with Crippen LogP contribution in [0.2, 0.25) is 0 Å². The molecule has 0 saturated carbocycles. The number of amides is 3. The topological polar surface area (TPSA) is 126 Å². The maximum absolute atomic E-state index is 12.3. The number of aryl methyl sites for hydroxylation is 1. The molecule has 0 aliphatic carbocycles. The van der Waals surface area contributed by atoms with Crippen LogP contribution in [-0.4, -0.2) is 47.5 Å². The molecule has 2 N–H and O–H groups in total. The molecular weight excluding hydrogens is 368 g/mol. The molecule has 3 rings (SSSR count). The van der Waals surface area contributed by atoms with Crippen molar-refractivity contribution in [2.75, 3.05) is 13.7 Å². The fraction of sp³-hybridized carbons (Fsp3) is 0.158. The van der Waals surface area contributed by atoms with Crippen LogP contribution >= 0.6 is 0 Å². The second-order valence-electron chi connectivity index (χ2n) is 5.99. The number of methoxy groups -OCH3 is 1. The second-order valence-corrected chi connectivity index (χ2v) is 5.99. The molecule has 2 heterocycles. The van der Waals surface area contributed by atoms with Crippen LogP contribution in [0.1, 0.15) is 21.7 Å². The van der Waals surface area contributed by atoms with Crippen LogP contribution in [0.15, 0.2) is 40.4 Å². The van der Waals surface area contributed by atoms with Crippen LogP contribution in [0.25, 0.3) is 17.4 Å². The van der Waals surface area contributed by atoms with E-state index in [0.717, 1.165) is 12.0 Å². The molecule has 1 aliphatic rings. The molecule has 1 fully saturated rings. The fourth-order valence-electron chi connectivity index (χ4n) is 2.70. The van der Waals surface area contributed by atoms with Gasteiger partial charge in [-0.2, -0.15) is 0 Å². The number of esters is 1. The molecule has 9 nitrogen and oxygen atoms in total. The third-order valence-corrected chi connectivity index (χ3v) is 4.13. The Balaban J connectivity index is 1.83. The third kappa shape index (κ3) is 3.63. The summed E-state index contributed by atoms with van der Waals surface area (Å²) in [5.41, 5.74) is 1.54. The molecule has 1 aliphatic heterocycles. The molecule has 0 unspecified atom stereocenters. The normalized spacial score (nSPS) is 15.1. The number of nitrogens with one attached hydrogen (secondary N) is 1. The number of hydrogen-bond donors (Lipinski definition) is 2. The number of furan rings is 1. The summed E-state index contributed by atoms with van der Waals surface area (Å²) in [4.78, 5) is 47.2. The van der Waals surface area contributed by atoms with Crippen LogP contribution in [0.5, 0.6) is 0 Å². The van der Waals surface area contributed by atoms with E-state index in [4.69, 9.17) is 9.52 Å². The molecule has 0 radical (unpaired) electrons. The largest absolute Gasteiger partial charge is 0.478 e. The summed E-state index contributed by atoms with van der Waals surface area (Å²) in [6.45, 7) is 1.27. The standard InChI is InChI=1S/C19H16N2O7/c1-10-7-11(18(24)25)3-5-13(10)15-6-4-12(28-15)8-14-17(23)21(19(26)20-14)9-16(22)27-2/h3-8H,9H2,1-2H3,(H,20,26)(H,24,25). The average molecular weight is 384 g/mol. The first-order chi connectivity index (χ1) is 13.3. The van der Waals surface area contributed by atoms with Gasteiger partial charge in [-0.1, -0.05) is 6.07 Å². The van der Waals surface area contributed by atoms with Gasteiger partial charge in [-0.3, -0.25) is 9.59 Å². The average Bonchev–Trinajstić information content (AvgIpc) is 3.21. The molecule has 0 atom stereocenters. The van der Waals surface area contributed by atoms with E-state index in [1.807, 2.05) is 0 Å². The zero-order valence-corrected chi connectivity index (χ0v) is 15.0. The van der Waals surface area contributed by atoms with Crippen LogP contribution in [0, 0.1) is 6.92 Å². The predicted molar refractivity (Wildman–Crippen MR) is 96.1 cm³/mol. The zero-order chi connectivity index (χ0) is 20.4. The molecule has 28 heavy (non-hydrogen) atoms. The van der Waals surface area contributed by atoms with Gasteiger partial charge < -0.3 is 19.6 Å². The monoisotopic (exact) mass is 384 g/mol. The first-order valence-electron chi connectivity index (χ1n) is 8.15. The summed E-state index contributed by atoms with van der Waals surface area (Å²) < 4.78 is 10.2.